The molecule has 2 N–H and O–H groups in total. The van der Waals surface area contributed by atoms with E-state index >= 15 is 0 Å². The highest BCUT2D eigenvalue weighted by Gasteiger charge is 2.28. The number of unbranched alkanes of at least 4 members (excludes halogenated alkanes) is 1. The summed E-state index contributed by atoms with van der Waals surface area (Å²) in [4.78, 5) is 13.8. The molecule has 0 fully saturated rings. The van der Waals surface area contributed by atoms with E-state index in [9.17, 15) is 9.18 Å². The molecule has 1 aromatic rings. The Balaban J connectivity index is 2.12. The molecule has 1 unspecified atom stereocenters. The number of nitrogens with two attached hydrogens (primary N) is 1. The molecular weight excluding hydrogens is 231 g/mol. The van der Waals surface area contributed by atoms with E-state index < -0.39 is 6.04 Å². The number of fused-ring (bicyclic) bond motifs is 1. The largest absolute Gasteiger partial charge is 0.320 e. The van der Waals surface area contributed by atoms with Crippen LogP contribution in [0.1, 0.15) is 31.7 Å². The summed E-state index contributed by atoms with van der Waals surface area (Å²) in [7, 11) is 0. The summed E-state index contributed by atoms with van der Waals surface area (Å²) >= 11 is 0. The third-order valence-electron chi connectivity index (χ3n) is 3.39. The fourth-order valence-electron chi connectivity index (χ4n) is 2.33. The first-order valence-electron chi connectivity index (χ1n) is 6.49. The van der Waals surface area contributed by atoms with E-state index in [4.69, 9.17) is 5.73 Å². The van der Waals surface area contributed by atoms with Crippen LogP contribution in [-0.2, 0) is 11.2 Å². The van der Waals surface area contributed by atoms with Crippen molar-refractivity contribution in [2.75, 3.05) is 11.4 Å². The molecule has 0 bridgehead atoms. The van der Waals surface area contributed by atoms with Crippen LogP contribution < -0.4 is 10.6 Å². The van der Waals surface area contributed by atoms with E-state index in [1.54, 1.807) is 11.0 Å². The van der Waals surface area contributed by atoms with Crippen LogP contribution in [0.25, 0.3) is 0 Å². The monoisotopic (exact) mass is 250 g/mol. The van der Waals surface area contributed by atoms with Gasteiger partial charge in [-0.05, 0) is 30.5 Å². The van der Waals surface area contributed by atoms with Crippen LogP contribution in [0.4, 0.5) is 10.1 Å². The van der Waals surface area contributed by atoms with Crippen molar-refractivity contribution in [3.05, 3.63) is 29.6 Å². The third-order valence-corrected chi connectivity index (χ3v) is 3.39. The SMILES string of the molecule is CCCCC(N)C(=O)N1CCc2ccc(F)cc21. The van der Waals surface area contributed by atoms with Gasteiger partial charge < -0.3 is 10.6 Å². The van der Waals surface area contributed by atoms with Crippen molar-refractivity contribution in [1.29, 1.82) is 0 Å². The second-order valence-corrected chi connectivity index (χ2v) is 4.76. The van der Waals surface area contributed by atoms with Gasteiger partial charge in [-0.3, -0.25) is 4.79 Å². The van der Waals surface area contributed by atoms with Gasteiger partial charge in [-0.25, -0.2) is 4.39 Å². The number of nitrogens with zero attached hydrogens (tertiary/aromatic N) is 1. The topological polar surface area (TPSA) is 46.3 Å². The van der Waals surface area contributed by atoms with Crippen molar-refractivity contribution in [1.82, 2.24) is 0 Å². The lowest BCUT2D eigenvalue weighted by molar-refractivity contribution is -0.119. The molecule has 1 aliphatic heterocycles. The van der Waals surface area contributed by atoms with Gasteiger partial charge in [0.05, 0.1) is 6.04 Å². The van der Waals surface area contributed by atoms with Gasteiger partial charge in [0.25, 0.3) is 0 Å². The van der Waals surface area contributed by atoms with Crippen LogP contribution in [0.15, 0.2) is 18.2 Å². The zero-order valence-corrected chi connectivity index (χ0v) is 10.7. The highest BCUT2D eigenvalue weighted by molar-refractivity contribution is 5.98. The molecular formula is C14H19FN2O. The maximum Gasteiger partial charge on any atom is 0.243 e. The quantitative estimate of drug-likeness (QED) is 0.890. The van der Waals surface area contributed by atoms with Gasteiger partial charge in [0, 0.05) is 12.2 Å². The van der Waals surface area contributed by atoms with Gasteiger partial charge in [-0.15, -0.1) is 0 Å². The minimum absolute atomic E-state index is 0.0900. The summed E-state index contributed by atoms with van der Waals surface area (Å²) in [6.45, 7) is 2.68. The molecule has 1 atom stereocenters. The summed E-state index contributed by atoms with van der Waals surface area (Å²) in [5.74, 6) is -0.400. The van der Waals surface area contributed by atoms with Crippen molar-refractivity contribution < 1.29 is 9.18 Å². The lowest BCUT2D eigenvalue weighted by Crippen LogP contribution is -2.43. The second-order valence-electron chi connectivity index (χ2n) is 4.76. The summed E-state index contributed by atoms with van der Waals surface area (Å²) in [5.41, 5.74) is 7.60. The lowest BCUT2D eigenvalue weighted by Gasteiger charge is -2.21. The molecule has 2 rings (SSSR count). The molecule has 1 heterocycles. The molecule has 18 heavy (non-hydrogen) atoms. The smallest absolute Gasteiger partial charge is 0.243 e. The maximum absolute atomic E-state index is 13.2. The van der Waals surface area contributed by atoms with E-state index in [2.05, 4.69) is 6.92 Å². The maximum atomic E-state index is 13.2. The fourth-order valence-corrected chi connectivity index (χ4v) is 2.33. The molecule has 1 amide bonds. The van der Waals surface area contributed by atoms with Gasteiger partial charge in [-0.1, -0.05) is 25.8 Å². The average molecular weight is 250 g/mol. The van der Waals surface area contributed by atoms with Gasteiger partial charge in [-0.2, -0.15) is 0 Å². The first-order valence-corrected chi connectivity index (χ1v) is 6.49. The second kappa shape index (κ2) is 5.48. The first kappa shape index (κ1) is 13.0. The van der Waals surface area contributed by atoms with Crippen LogP contribution in [0.2, 0.25) is 0 Å². The standard InChI is InChI=1S/C14H19FN2O/c1-2-3-4-12(16)14(18)17-8-7-10-5-6-11(15)9-13(10)17/h5-6,9,12H,2-4,7-8,16H2,1H3. The number of halogens is 1. The zero-order valence-electron chi connectivity index (χ0n) is 10.7. The van der Waals surface area contributed by atoms with Crippen LogP contribution in [0.5, 0.6) is 0 Å². The molecule has 0 saturated carbocycles. The van der Waals surface area contributed by atoms with Gasteiger partial charge in [0.15, 0.2) is 0 Å². The number of rotatable bonds is 4. The van der Waals surface area contributed by atoms with Gasteiger partial charge >= 0.3 is 0 Å². The van der Waals surface area contributed by atoms with Gasteiger partial charge in [0.2, 0.25) is 5.91 Å². The lowest BCUT2D eigenvalue weighted by atomic mass is 10.1. The zero-order chi connectivity index (χ0) is 13.1. The first-order chi connectivity index (χ1) is 8.63. The average Bonchev–Trinajstić information content (AvgIpc) is 2.77. The van der Waals surface area contributed by atoms with Crippen molar-refractivity contribution in [2.24, 2.45) is 5.73 Å². The Bertz CT molecular complexity index is 447. The Kier molecular flexibility index (Phi) is 3.97. The van der Waals surface area contributed by atoms with E-state index in [-0.39, 0.29) is 11.7 Å². The van der Waals surface area contributed by atoms with E-state index in [1.807, 2.05) is 0 Å². The van der Waals surface area contributed by atoms with Crippen molar-refractivity contribution in [2.45, 2.75) is 38.6 Å². The van der Waals surface area contributed by atoms with Gasteiger partial charge in [0.1, 0.15) is 5.82 Å². The minimum atomic E-state index is -0.473. The Morgan fingerprint density at radius 2 is 2.33 bits per heavy atom. The molecule has 1 aromatic carbocycles. The number of anilines is 1. The van der Waals surface area contributed by atoms with Crippen LogP contribution in [-0.4, -0.2) is 18.5 Å². The van der Waals surface area contributed by atoms with Crippen molar-refractivity contribution in [3.63, 3.8) is 0 Å². The number of hydrogen-bond donors (Lipinski definition) is 1. The molecule has 0 aromatic heterocycles. The molecule has 3 nitrogen and oxygen atoms in total. The van der Waals surface area contributed by atoms with Crippen molar-refractivity contribution in [3.8, 4) is 0 Å². The minimum Gasteiger partial charge on any atom is -0.320 e. The Hall–Kier alpha value is -1.42. The van der Waals surface area contributed by atoms with E-state index in [0.29, 0.717) is 18.7 Å². The molecule has 98 valence electrons. The molecule has 0 spiro atoms. The molecule has 1 aliphatic rings. The Labute approximate surface area is 107 Å². The number of carbonyl (C=O) groups is 1. The number of carbonyl (C=O) groups excluding carboxylic acids is 1. The third kappa shape index (κ3) is 2.53. The van der Waals surface area contributed by atoms with Crippen LogP contribution in [0, 0.1) is 5.82 Å². The normalized spacial score (nSPS) is 15.6. The van der Waals surface area contributed by atoms with Crippen molar-refractivity contribution >= 4 is 11.6 Å². The molecule has 0 saturated heterocycles. The van der Waals surface area contributed by atoms with Crippen LogP contribution >= 0.6 is 0 Å². The summed E-state index contributed by atoms with van der Waals surface area (Å²) in [6.07, 6.45) is 3.43. The molecule has 0 aliphatic carbocycles. The molecule has 4 heteroatoms. The fraction of sp³-hybridized carbons (Fsp3) is 0.500. The van der Waals surface area contributed by atoms with E-state index in [0.717, 1.165) is 24.8 Å². The highest BCUT2D eigenvalue weighted by Crippen LogP contribution is 2.29. The number of hydrogen-bond acceptors (Lipinski definition) is 2. The molecule has 0 radical (unpaired) electrons. The summed E-state index contributed by atoms with van der Waals surface area (Å²) < 4.78 is 13.2. The summed E-state index contributed by atoms with van der Waals surface area (Å²) in [5, 5.41) is 0. The number of benzene rings is 1. The van der Waals surface area contributed by atoms with Crippen LogP contribution in [0.3, 0.4) is 0 Å². The Morgan fingerprint density at radius 1 is 1.56 bits per heavy atom. The Morgan fingerprint density at radius 3 is 3.06 bits per heavy atom. The van der Waals surface area contributed by atoms with E-state index in [1.165, 1.54) is 12.1 Å². The summed E-state index contributed by atoms with van der Waals surface area (Å²) in [6, 6.07) is 4.13. The number of amides is 1. The predicted octanol–water partition coefficient (Wildman–Crippen LogP) is 2.23. The highest BCUT2D eigenvalue weighted by atomic mass is 19.1. The predicted molar refractivity (Wildman–Crippen MR) is 70.0 cm³/mol.